The van der Waals surface area contributed by atoms with Gasteiger partial charge in [-0.2, -0.15) is 5.10 Å². The van der Waals surface area contributed by atoms with Crippen molar-refractivity contribution in [3.63, 3.8) is 0 Å². The van der Waals surface area contributed by atoms with Crippen molar-refractivity contribution in [3.05, 3.63) is 46.6 Å². The van der Waals surface area contributed by atoms with Crippen LogP contribution in [0.15, 0.2) is 24.3 Å². The fraction of sp³-hybridized carbons (Fsp3) is 0.308. The molecule has 3 heteroatoms. The average molecular weight is 215 g/mol. The summed E-state index contributed by atoms with van der Waals surface area (Å²) in [5.41, 5.74) is 10.6. The Labute approximate surface area is 95.7 Å². The Morgan fingerprint density at radius 3 is 2.56 bits per heavy atom. The highest BCUT2D eigenvalue weighted by atomic mass is 15.2. The van der Waals surface area contributed by atoms with E-state index in [1.54, 1.807) is 0 Å². The van der Waals surface area contributed by atoms with Crippen LogP contribution < -0.4 is 5.73 Å². The van der Waals surface area contributed by atoms with Crippen molar-refractivity contribution >= 4 is 5.82 Å². The molecule has 0 atom stereocenters. The first-order valence-electron chi connectivity index (χ1n) is 5.52. The highest BCUT2D eigenvalue weighted by Gasteiger charge is 2.06. The molecule has 3 nitrogen and oxygen atoms in total. The zero-order valence-corrected chi connectivity index (χ0v) is 9.75. The molecule has 0 saturated heterocycles. The Bertz CT molecular complexity index is 486. The van der Waals surface area contributed by atoms with Gasteiger partial charge >= 0.3 is 0 Å². The van der Waals surface area contributed by atoms with E-state index in [1.807, 2.05) is 6.92 Å². The molecule has 0 fully saturated rings. The number of hydrogen-bond donors (Lipinski definition) is 2. The van der Waals surface area contributed by atoms with Crippen molar-refractivity contribution in [2.45, 2.75) is 26.7 Å². The lowest BCUT2D eigenvalue weighted by molar-refractivity contribution is 0.881. The van der Waals surface area contributed by atoms with Crippen LogP contribution in [0.4, 0.5) is 5.82 Å². The number of rotatable bonds is 3. The van der Waals surface area contributed by atoms with Crippen molar-refractivity contribution in [1.82, 2.24) is 10.2 Å². The van der Waals surface area contributed by atoms with Gasteiger partial charge in [0, 0.05) is 11.3 Å². The second-order valence-electron chi connectivity index (χ2n) is 4.14. The van der Waals surface area contributed by atoms with Gasteiger partial charge in [-0.25, -0.2) is 0 Å². The van der Waals surface area contributed by atoms with Gasteiger partial charge in [-0.15, -0.1) is 0 Å². The molecule has 0 saturated carbocycles. The summed E-state index contributed by atoms with van der Waals surface area (Å²) >= 11 is 0. The molecule has 0 unspecified atom stereocenters. The third-order valence-electron chi connectivity index (χ3n) is 3.05. The normalized spacial score (nSPS) is 10.6. The lowest BCUT2D eigenvalue weighted by Gasteiger charge is -2.04. The molecule has 0 bridgehead atoms. The molecule has 0 spiro atoms. The highest BCUT2D eigenvalue weighted by molar-refractivity contribution is 5.41. The van der Waals surface area contributed by atoms with Gasteiger partial charge in [0.15, 0.2) is 0 Å². The van der Waals surface area contributed by atoms with Crippen molar-refractivity contribution in [2.24, 2.45) is 0 Å². The van der Waals surface area contributed by atoms with Gasteiger partial charge in [0.1, 0.15) is 5.82 Å². The lowest BCUT2D eigenvalue weighted by atomic mass is 10.0. The van der Waals surface area contributed by atoms with Gasteiger partial charge in [-0.1, -0.05) is 24.3 Å². The standard InChI is InChI=1S/C13H17N3/c1-9-5-3-4-6-11(9)7-8-12-10(2)13(14)16-15-12/h3-6H,7-8H2,1-2H3,(H3,14,15,16). The van der Waals surface area contributed by atoms with Crippen LogP contribution in [0.1, 0.15) is 22.4 Å². The van der Waals surface area contributed by atoms with E-state index in [0.29, 0.717) is 5.82 Å². The van der Waals surface area contributed by atoms with E-state index in [1.165, 1.54) is 11.1 Å². The molecular weight excluding hydrogens is 198 g/mol. The Morgan fingerprint density at radius 2 is 1.94 bits per heavy atom. The fourth-order valence-corrected chi connectivity index (χ4v) is 1.84. The number of nitrogen functional groups attached to an aromatic ring is 1. The molecule has 0 radical (unpaired) electrons. The summed E-state index contributed by atoms with van der Waals surface area (Å²) in [4.78, 5) is 0. The number of nitrogens with two attached hydrogens (primary N) is 1. The minimum atomic E-state index is 0.611. The Morgan fingerprint density at radius 1 is 1.19 bits per heavy atom. The van der Waals surface area contributed by atoms with E-state index < -0.39 is 0 Å². The predicted molar refractivity (Wildman–Crippen MR) is 66.3 cm³/mol. The molecule has 1 heterocycles. The summed E-state index contributed by atoms with van der Waals surface area (Å²) in [6, 6.07) is 8.46. The number of nitrogens with zero attached hydrogens (tertiary/aromatic N) is 1. The van der Waals surface area contributed by atoms with Crippen molar-refractivity contribution in [1.29, 1.82) is 0 Å². The second kappa shape index (κ2) is 4.39. The summed E-state index contributed by atoms with van der Waals surface area (Å²) < 4.78 is 0. The third kappa shape index (κ3) is 2.08. The number of hydrogen-bond acceptors (Lipinski definition) is 2. The zero-order valence-electron chi connectivity index (χ0n) is 9.75. The largest absolute Gasteiger partial charge is 0.382 e. The van der Waals surface area contributed by atoms with E-state index in [9.17, 15) is 0 Å². The molecule has 84 valence electrons. The second-order valence-corrected chi connectivity index (χ2v) is 4.14. The minimum absolute atomic E-state index is 0.611. The number of aromatic amines is 1. The van der Waals surface area contributed by atoms with E-state index >= 15 is 0 Å². The van der Waals surface area contributed by atoms with Crippen LogP contribution in [-0.4, -0.2) is 10.2 Å². The number of benzene rings is 1. The molecule has 2 rings (SSSR count). The smallest absolute Gasteiger partial charge is 0.148 e. The summed E-state index contributed by atoms with van der Waals surface area (Å²) in [5.74, 6) is 0.611. The molecule has 0 amide bonds. The van der Waals surface area contributed by atoms with Gasteiger partial charge in [-0.3, -0.25) is 5.10 Å². The van der Waals surface area contributed by atoms with Crippen LogP contribution in [0.25, 0.3) is 0 Å². The maximum atomic E-state index is 5.70. The van der Waals surface area contributed by atoms with Gasteiger partial charge in [0.25, 0.3) is 0 Å². The van der Waals surface area contributed by atoms with E-state index in [2.05, 4.69) is 41.4 Å². The molecule has 3 N–H and O–H groups in total. The van der Waals surface area contributed by atoms with Crippen LogP contribution in [0.2, 0.25) is 0 Å². The number of aryl methyl sites for hydroxylation is 3. The molecule has 0 aliphatic heterocycles. The first-order chi connectivity index (χ1) is 7.68. The van der Waals surface area contributed by atoms with Crippen LogP contribution in [0.3, 0.4) is 0 Å². The van der Waals surface area contributed by atoms with Gasteiger partial charge in [-0.05, 0) is 37.8 Å². The first kappa shape index (κ1) is 10.7. The van der Waals surface area contributed by atoms with E-state index in [0.717, 1.165) is 24.1 Å². The summed E-state index contributed by atoms with van der Waals surface area (Å²) in [6.45, 7) is 4.15. The Hall–Kier alpha value is -1.77. The van der Waals surface area contributed by atoms with Gasteiger partial charge < -0.3 is 5.73 Å². The molecule has 1 aromatic carbocycles. The monoisotopic (exact) mass is 215 g/mol. The number of nitrogens with one attached hydrogen (secondary N) is 1. The van der Waals surface area contributed by atoms with Crippen molar-refractivity contribution in [3.8, 4) is 0 Å². The summed E-state index contributed by atoms with van der Waals surface area (Å²) in [7, 11) is 0. The molecule has 1 aromatic heterocycles. The maximum Gasteiger partial charge on any atom is 0.148 e. The lowest BCUT2D eigenvalue weighted by Crippen LogP contribution is -1.96. The van der Waals surface area contributed by atoms with Crippen molar-refractivity contribution in [2.75, 3.05) is 5.73 Å². The average Bonchev–Trinajstić information content (AvgIpc) is 2.59. The maximum absolute atomic E-state index is 5.70. The van der Waals surface area contributed by atoms with Crippen LogP contribution >= 0.6 is 0 Å². The number of H-pyrrole nitrogens is 1. The molecular formula is C13H17N3. The predicted octanol–water partition coefficient (Wildman–Crippen LogP) is 2.39. The summed E-state index contributed by atoms with van der Waals surface area (Å²) in [6.07, 6.45) is 1.98. The number of aromatic nitrogens is 2. The quantitative estimate of drug-likeness (QED) is 0.826. The first-order valence-corrected chi connectivity index (χ1v) is 5.52. The van der Waals surface area contributed by atoms with Crippen LogP contribution in [0, 0.1) is 13.8 Å². The molecule has 16 heavy (non-hydrogen) atoms. The Balaban J connectivity index is 2.08. The van der Waals surface area contributed by atoms with Gasteiger partial charge in [0.05, 0.1) is 0 Å². The minimum Gasteiger partial charge on any atom is -0.382 e. The van der Waals surface area contributed by atoms with Crippen LogP contribution in [-0.2, 0) is 12.8 Å². The van der Waals surface area contributed by atoms with Crippen molar-refractivity contribution < 1.29 is 0 Å². The van der Waals surface area contributed by atoms with E-state index in [4.69, 9.17) is 5.73 Å². The zero-order chi connectivity index (χ0) is 11.5. The summed E-state index contributed by atoms with van der Waals surface area (Å²) in [5, 5.41) is 6.99. The highest BCUT2D eigenvalue weighted by Crippen LogP contribution is 2.15. The van der Waals surface area contributed by atoms with E-state index in [-0.39, 0.29) is 0 Å². The van der Waals surface area contributed by atoms with Gasteiger partial charge in [0.2, 0.25) is 0 Å². The molecule has 0 aliphatic carbocycles. The SMILES string of the molecule is Cc1ccccc1CCc1[nH]nc(N)c1C. The topological polar surface area (TPSA) is 54.7 Å². The molecule has 0 aliphatic rings. The number of anilines is 1. The van der Waals surface area contributed by atoms with Crippen LogP contribution in [0.5, 0.6) is 0 Å². The third-order valence-corrected chi connectivity index (χ3v) is 3.05. The Kier molecular flexibility index (Phi) is 2.95. The molecule has 2 aromatic rings. The fourth-order valence-electron chi connectivity index (χ4n) is 1.84.